The van der Waals surface area contributed by atoms with Gasteiger partial charge < -0.3 is 15.4 Å². The molecule has 2 N–H and O–H groups in total. The van der Waals surface area contributed by atoms with Crippen molar-refractivity contribution >= 4 is 11.6 Å². The van der Waals surface area contributed by atoms with E-state index in [-0.39, 0.29) is 11.3 Å². The summed E-state index contributed by atoms with van der Waals surface area (Å²) < 4.78 is 41.1. The first-order valence-electron chi connectivity index (χ1n) is 5.50. The van der Waals surface area contributed by atoms with Gasteiger partial charge in [0.1, 0.15) is 5.75 Å². The van der Waals surface area contributed by atoms with Crippen LogP contribution in [0.5, 0.6) is 5.75 Å². The van der Waals surface area contributed by atoms with Gasteiger partial charge >= 0.3 is 6.18 Å². The van der Waals surface area contributed by atoms with Gasteiger partial charge in [-0.2, -0.15) is 13.2 Å². The summed E-state index contributed by atoms with van der Waals surface area (Å²) in [6.45, 7) is -0.395. The average molecular weight is 276 g/mol. The third-order valence-electron chi connectivity index (χ3n) is 2.55. The summed E-state index contributed by atoms with van der Waals surface area (Å²) in [5.41, 5.74) is 6.12. The zero-order chi connectivity index (χ0) is 14.6. The molecule has 0 bridgehead atoms. The van der Waals surface area contributed by atoms with Crippen molar-refractivity contribution in [2.45, 2.75) is 12.6 Å². The molecule has 0 fully saturated rings. The number of alkyl halides is 3. The van der Waals surface area contributed by atoms with Gasteiger partial charge in [-0.25, -0.2) is 0 Å². The summed E-state index contributed by atoms with van der Waals surface area (Å²) in [6, 6.07) is 4.34. The molecule has 0 unspecified atom stereocenters. The number of hydrogen-bond donors (Lipinski definition) is 1. The largest absolute Gasteiger partial charge is 0.495 e. The molecule has 1 amide bonds. The zero-order valence-electron chi connectivity index (χ0n) is 10.6. The van der Waals surface area contributed by atoms with Gasteiger partial charge in [0.15, 0.2) is 0 Å². The number of hydrogen-bond acceptors (Lipinski definition) is 3. The fraction of sp³-hybridized carbons (Fsp3) is 0.417. The van der Waals surface area contributed by atoms with Crippen LogP contribution < -0.4 is 10.5 Å². The van der Waals surface area contributed by atoms with Crippen molar-refractivity contribution in [1.82, 2.24) is 4.90 Å². The summed E-state index contributed by atoms with van der Waals surface area (Å²) in [4.78, 5) is 12.9. The second kappa shape index (κ2) is 5.81. The normalized spacial score (nSPS) is 11.2. The molecular formula is C12H15F3N2O2. The topological polar surface area (TPSA) is 55.6 Å². The molecule has 1 aromatic carbocycles. The van der Waals surface area contributed by atoms with Gasteiger partial charge in [-0.15, -0.1) is 0 Å². The van der Waals surface area contributed by atoms with Crippen molar-refractivity contribution in [3.05, 3.63) is 23.8 Å². The van der Waals surface area contributed by atoms with Crippen molar-refractivity contribution in [3.63, 3.8) is 0 Å². The minimum atomic E-state index is -4.28. The Morgan fingerprint density at radius 1 is 1.42 bits per heavy atom. The Morgan fingerprint density at radius 2 is 2.05 bits per heavy atom. The Balaban J connectivity index is 2.74. The molecule has 0 aliphatic rings. The van der Waals surface area contributed by atoms with E-state index in [1.54, 1.807) is 0 Å². The number of nitrogens with zero attached hydrogens (tertiary/aromatic N) is 1. The fourth-order valence-corrected chi connectivity index (χ4v) is 1.48. The molecule has 1 rings (SSSR count). The lowest BCUT2D eigenvalue weighted by molar-refractivity contribution is -0.136. The Labute approximate surface area is 108 Å². The highest BCUT2D eigenvalue weighted by molar-refractivity contribution is 5.95. The summed E-state index contributed by atoms with van der Waals surface area (Å²) in [5, 5.41) is 0. The molecule has 0 saturated carbocycles. The van der Waals surface area contributed by atoms with Gasteiger partial charge in [0.2, 0.25) is 0 Å². The summed E-state index contributed by atoms with van der Waals surface area (Å²) >= 11 is 0. The van der Waals surface area contributed by atoms with E-state index >= 15 is 0 Å². The lowest BCUT2D eigenvalue weighted by atomic mass is 10.1. The van der Waals surface area contributed by atoms with Crippen LogP contribution in [0, 0.1) is 0 Å². The smallest absolute Gasteiger partial charge is 0.390 e. The lowest BCUT2D eigenvalue weighted by Crippen LogP contribution is -2.30. The number of methoxy groups -OCH3 is 1. The molecule has 106 valence electrons. The van der Waals surface area contributed by atoms with Crippen LogP contribution in [-0.2, 0) is 0 Å². The first-order chi connectivity index (χ1) is 8.74. The molecule has 0 spiro atoms. The molecule has 0 aliphatic heterocycles. The Kier molecular flexibility index (Phi) is 4.63. The SMILES string of the molecule is COc1ccc(C(=O)N(C)CCC(F)(F)F)cc1N. The van der Waals surface area contributed by atoms with Crippen LogP contribution in [0.25, 0.3) is 0 Å². The van der Waals surface area contributed by atoms with Crippen LogP contribution >= 0.6 is 0 Å². The van der Waals surface area contributed by atoms with Crippen LogP contribution in [0.4, 0.5) is 18.9 Å². The van der Waals surface area contributed by atoms with E-state index in [1.165, 1.54) is 32.4 Å². The molecule has 4 nitrogen and oxygen atoms in total. The molecule has 0 aliphatic carbocycles. The number of nitrogen functional groups attached to an aromatic ring is 1. The second-order valence-corrected chi connectivity index (χ2v) is 4.05. The van der Waals surface area contributed by atoms with E-state index in [9.17, 15) is 18.0 Å². The Morgan fingerprint density at radius 3 is 2.53 bits per heavy atom. The molecule has 0 aromatic heterocycles. The predicted octanol–water partition coefficient (Wildman–Crippen LogP) is 2.30. The number of ether oxygens (including phenoxy) is 1. The number of anilines is 1. The monoisotopic (exact) mass is 276 g/mol. The third kappa shape index (κ3) is 4.35. The summed E-state index contributed by atoms with van der Waals surface area (Å²) in [6.07, 6.45) is -5.33. The maximum absolute atomic E-state index is 12.1. The fourth-order valence-electron chi connectivity index (χ4n) is 1.48. The van der Waals surface area contributed by atoms with E-state index in [0.29, 0.717) is 5.75 Å². The highest BCUT2D eigenvalue weighted by Crippen LogP contribution is 2.23. The number of rotatable bonds is 4. The van der Waals surface area contributed by atoms with E-state index in [1.807, 2.05) is 0 Å². The van der Waals surface area contributed by atoms with E-state index in [2.05, 4.69) is 0 Å². The highest BCUT2D eigenvalue weighted by atomic mass is 19.4. The van der Waals surface area contributed by atoms with Gasteiger partial charge in [0, 0.05) is 19.2 Å². The minimum absolute atomic E-state index is 0.225. The molecule has 19 heavy (non-hydrogen) atoms. The van der Waals surface area contributed by atoms with Crippen LogP contribution in [0.15, 0.2) is 18.2 Å². The quantitative estimate of drug-likeness (QED) is 0.858. The number of carbonyl (C=O) groups is 1. The standard InChI is InChI=1S/C12H15F3N2O2/c1-17(6-5-12(13,14)15)11(18)8-3-4-10(19-2)9(16)7-8/h3-4,7H,5-6,16H2,1-2H3. The average Bonchev–Trinajstić information content (AvgIpc) is 2.34. The summed E-state index contributed by atoms with van der Waals surface area (Å²) in [7, 11) is 2.75. The second-order valence-electron chi connectivity index (χ2n) is 4.05. The number of carbonyl (C=O) groups excluding carboxylic acids is 1. The number of halogens is 3. The molecule has 7 heteroatoms. The van der Waals surface area contributed by atoms with Crippen LogP contribution in [0.3, 0.4) is 0 Å². The maximum atomic E-state index is 12.1. The number of amides is 1. The third-order valence-corrected chi connectivity index (χ3v) is 2.55. The van der Waals surface area contributed by atoms with Crippen molar-refractivity contribution < 1.29 is 22.7 Å². The first-order valence-corrected chi connectivity index (χ1v) is 5.50. The van der Waals surface area contributed by atoms with Gasteiger partial charge in [-0.3, -0.25) is 4.79 Å². The highest BCUT2D eigenvalue weighted by Gasteiger charge is 2.28. The maximum Gasteiger partial charge on any atom is 0.390 e. The van der Waals surface area contributed by atoms with Crippen LogP contribution in [0.2, 0.25) is 0 Å². The molecule has 0 radical (unpaired) electrons. The summed E-state index contributed by atoms with van der Waals surface area (Å²) in [5.74, 6) is -0.104. The van der Waals surface area contributed by atoms with Crippen molar-refractivity contribution in [2.75, 3.05) is 26.4 Å². The van der Waals surface area contributed by atoms with Gasteiger partial charge in [0.25, 0.3) is 5.91 Å². The van der Waals surface area contributed by atoms with Gasteiger partial charge in [-0.1, -0.05) is 0 Å². The van der Waals surface area contributed by atoms with Crippen molar-refractivity contribution in [2.24, 2.45) is 0 Å². The van der Waals surface area contributed by atoms with Gasteiger partial charge in [0.05, 0.1) is 19.2 Å². The van der Waals surface area contributed by atoms with Crippen molar-refractivity contribution in [3.8, 4) is 5.75 Å². The molecule has 0 atom stereocenters. The van der Waals surface area contributed by atoms with Gasteiger partial charge in [-0.05, 0) is 18.2 Å². The van der Waals surface area contributed by atoms with Crippen LogP contribution in [-0.4, -0.2) is 37.7 Å². The van der Waals surface area contributed by atoms with Crippen LogP contribution in [0.1, 0.15) is 16.8 Å². The van der Waals surface area contributed by atoms with E-state index in [4.69, 9.17) is 10.5 Å². The number of nitrogens with two attached hydrogens (primary N) is 1. The minimum Gasteiger partial charge on any atom is -0.495 e. The zero-order valence-corrected chi connectivity index (χ0v) is 10.6. The van der Waals surface area contributed by atoms with Crippen molar-refractivity contribution in [1.29, 1.82) is 0 Å². The Hall–Kier alpha value is -1.92. The molecule has 0 heterocycles. The molecular weight excluding hydrogens is 261 g/mol. The molecule has 0 saturated heterocycles. The lowest BCUT2D eigenvalue weighted by Gasteiger charge is -2.18. The first kappa shape index (κ1) is 15.1. The van der Waals surface area contributed by atoms with E-state index in [0.717, 1.165) is 4.90 Å². The van der Waals surface area contributed by atoms with E-state index < -0.39 is 25.0 Å². The Bertz CT molecular complexity index is 461. The number of benzene rings is 1. The molecule has 1 aromatic rings. The predicted molar refractivity (Wildman–Crippen MR) is 65.0 cm³/mol.